The molecule has 0 aromatic heterocycles. The fourth-order valence-corrected chi connectivity index (χ4v) is 2.76. The molecule has 0 spiro atoms. The number of aliphatic hydroxyl groups excluding tert-OH is 1. The minimum atomic E-state index is -0.308. The predicted octanol–water partition coefficient (Wildman–Crippen LogP) is 2.45. The van der Waals surface area contributed by atoms with Crippen molar-refractivity contribution in [2.24, 2.45) is 4.99 Å². The first-order chi connectivity index (χ1) is 11.6. The predicted molar refractivity (Wildman–Crippen MR) is 93.9 cm³/mol. The van der Waals surface area contributed by atoms with E-state index in [4.69, 9.17) is 4.74 Å². The number of nitrogens with zero attached hydrogens (tertiary/aromatic N) is 1. The molecule has 0 saturated heterocycles. The van der Waals surface area contributed by atoms with E-state index in [1.807, 2.05) is 13.8 Å². The zero-order chi connectivity index (χ0) is 17.4. The van der Waals surface area contributed by atoms with Crippen LogP contribution in [0.4, 0.5) is 4.39 Å². The van der Waals surface area contributed by atoms with Gasteiger partial charge in [-0.05, 0) is 51.7 Å². The van der Waals surface area contributed by atoms with Gasteiger partial charge in [-0.3, -0.25) is 0 Å². The van der Waals surface area contributed by atoms with Gasteiger partial charge in [0.1, 0.15) is 17.7 Å². The van der Waals surface area contributed by atoms with Crippen LogP contribution in [0.3, 0.4) is 0 Å². The maximum atomic E-state index is 13.2. The van der Waals surface area contributed by atoms with Gasteiger partial charge in [0.25, 0.3) is 0 Å². The lowest BCUT2D eigenvalue weighted by Gasteiger charge is -2.27. The largest absolute Gasteiger partial charge is 0.489 e. The van der Waals surface area contributed by atoms with Crippen LogP contribution in [0.2, 0.25) is 0 Å². The molecule has 0 bridgehead atoms. The van der Waals surface area contributed by atoms with E-state index in [0.717, 1.165) is 38.2 Å². The summed E-state index contributed by atoms with van der Waals surface area (Å²) in [6, 6.07) is 6.47. The first-order valence-corrected chi connectivity index (χ1v) is 8.72. The van der Waals surface area contributed by atoms with Crippen LogP contribution in [-0.2, 0) is 0 Å². The molecule has 3 N–H and O–H groups in total. The highest BCUT2D eigenvalue weighted by atomic mass is 19.1. The highest BCUT2D eigenvalue weighted by Gasteiger charge is 2.20. The van der Waals surface area contributed by atoms with Gasteiger partial charge >= 0.3 is 0 Å². The standard InChI is InChI=1S/C18H28FN3O2/c1-3-20-18(22-15-7-9-16(23)10-8-15)21-12-13(2)24-17-6-4-5-14(19)11-17/h4-6,11,13,15-16,23H,3,7-10,12H2,1-2H3,(H2,20,21,22). The van der Waals surface area contributed by atoms with E-state index in [9.17, 15) is 9.50 Å². The lowest BCUT2D eigenvalue weighted by Crippen LogP contribution is -2.45. The summed E-state index contributed by atoms with van der Waals surface area (Å²) < 4.78 is 18.9. The molecule has 24 heavy (non-hydrogen) atoms. The van der Waals surface area contributed by atoms with Crippen LogP contribution in [0.1, 0.15) is 39.5 Å². The Labute approximate surface area is 143 Å². The molecule has 1 unspecified atom stereocenters. The molecule has 0 radical (unpaired) electrons. The number of aliphatic hydroxyl groups is 1. The van der Waals surface area contributed by atoms with Crippen LogP contribution in [0.25, 0.3) is 0 Å². The number of nitrogens with one attached hydrogen (secondary N) is 2. The monoisotopic (exact) mass is 337 g/mol. The van der Waals surface area contributed by atoms with E-state index < -0.39 is 0 Å². The van der Waals surface area contributed by atoms with Crippen LogP contribution in [0, 0.1) is 5.82 Å². The van der Waals surface area contributed by atoms with Crippen LogP contribution in [-0.4, -0.2) is 42.4 Å². The fraction of sp³-hybridized carbons (Fsp3) is 0.611. The summed E-state index contributed by atoms with van der Waals surface area (Å²) in [4.78, 5) is 4.56. The van der Waals surface area contributed by atoms with Gasteiger partial charge in [0.15, 0.2) is 5.96 Å². The molecule has 1 aliphatic rings. The Kier molecular flexibility index (Phi) is 7.31. The number of aliphatic imine (C=N–C) groups is 1. The summed E-state index contributed by atoms with van der Waals surface area (Å²) >= 11 is 0. The van der Waals surface area contributed by atoms with Crippen molar-refractivity contribution in [3.8, 4) is 5.75 Å². The van der Waals surface area contributed by atoms with Crippen molar-refractivity contribution >= 4 is 5.96 Å². The molecular weight excluding hydrogens is 309 g/mol. The molecule has 5 nitrogen and oxygen atoms in total. The third kappa shape index (κ3) is 6.35. The van der Waals surface area contributed by atoms with Gasteiger partial charge < -0.3 is 20.5 Å². The summed E-state index contributed by atoms with van der Waals surface area (Å²) in [6.07, 6.45) is 3.23. The molecule has 0 amide bonds. The van der Waals surface area contributed by atoms with Crippen molar-refractivity contribution in [2.75, 3.05) is 13.1 Å². The summed E-state index contributed by atoms with van der Waals surface area (Å²) in [5.74, 6) is 0.961. The Balaban J connectivity index is 1.85. The molecule has 1 aromatic rings. The summed E-state index contributed by atoms with van der Waals surface area (Å²) in [5, 5.41) is 16.2. The van der Waals surface area contributed by atoms with Crippen molar-refractivity contribution in [3.63, 3.8) is 0 Å². The third-order valence-electron chi connectivity index (χ3n) is 4.02. The average Bonchev–Trinajstić information content (AvgIpc) is 2.55. The van der Waals surface area contributed by atoms with Crippen molar-refractivity contribution in [2.45, 2.75) is 57.8 Å². The third-order valence-corrected chi connectivity index (χ3v) is 4.02. The second-order valence-electron chi connectivity index (χ2n) is 6.26. The van der Waals surface area contributed by atoms with Crippen molar-refractivity contribution < 1.29 is 14.2 Å². The molecular formula is C18H28FN3O2. The number of guanidine groups is 1. The minimum Gasteiger partial charge on any atom is -0.489 e. The normalized spacial score (nSPS) is 22.8. The molecule has 134 valence electrons. The zero-order valence-electron chi connectivity index (χ0n) is 14.5. The molecule has 1 saturated carbocycles. The number of ether oxygens (including phenoxy) is 1. The quantitative estimate of drug-likeness (QED) is 0.551. The molecule has 1 atom stereocenters. The van der Waals surface area contributed by atoms with E-state index in [1.54, 1.807) is 12.1 Å². The number of hydrogen-bond acceptors (Lipinski definition) is 3. The van der Waals surface area contributed by atoms with Gasteiger partial charge in [-0.15, -0.1) is 0 Å². The molecule has 0 heterocycles. The van der Waals surface area contributed by atoms with E-state index in [0.29, 0.717) is 18.3 Å². The van der Waals surface area contributed by atoms with Crippen LogP contribution in [0.15, 0.2) is 29.3 Å². The maximum Gasteiger partial charge on any atom is 0.191 e. The van der Waals surface area contributed by atoms with E-state index in [1.165, 1.54) is 12.1 Å². The van der Waals surface area contributed by atoms with Crippen LogP contribution in [0.5, 0.6) is 5.75 Å². The number of benzene rings is 1. The number of rotatable bonds is 6. The minimum absolute atomic E-state index is 0.157. The topological polar surface area (TPSA) is 65.9 Å². The Morgan fingerprint density at radius 2 is 2.12 bits per heavy atom. The molecule has 6 heteroatoms. The van der Waals surface area contributed by atoms with Crippen molar-refractivity contribution in [3.05, 3.63) is 30.1 Å². The number of halogens is 1. The van der Waals surface area contributed by atoms with Crippen LogP contribution >= 0.6 is 0 Å². The van der Waals surface area contributed by atoms with E-state index in [-0.39, 0.29) is 18.0 Å². The van der Waals surface area contributed by atoms with Crippen molar-refractivity contribution in [1.29, 1.82) is 0 Å². The average molecular weight is 337 g/mol. The SMILES string of the molecule is CCNC(=NCC(C)Oc1cccc(F)c1)NC1CCC(O)CC1. The first kappa shape index (κ1) is 18.5. The molecule has 2 rings (SSSR count). The van der Waals surface area contributed by atoms with E-state index >= 15 is 0 Å². The Morgan fingerprint density at radius 1 is 1.38 bits per heavy atom. The van der Waals surface area contributed by atoms with Crippen LogP contribution < -0.4 is 15.4 Å². The highest BCUT2D eigenvalue weighted by molar-refractivity contribution is 5.80. The fourth-order valence-electron chi connectivity index (χ4n) is 2.76. The maximum absolute atomic E-state index is 13.2. The second kappa shape index (κ2) is 9.47. The molecule has 0 aliphatic heterocycles. The molecule has 1 aromatic carbocycles. The van der Waals surface area contributed by atoms with Gasteiger partial charge in [0.2, 0.25) is 0 Å². The van der Waals surface area contributed by atoms with Gasteiger partial charge in [-0.1, -0.05) is 6.07 Å². The lowest BCUT2D eigenvalue weighted by atomic mass is 9.93. The summed E-state index contributed by atoms with van der Waals surface area (Å²) in [6.45, 7) is 5.19. The first-order valence-electron chi connectivity index (χ1n) is 8.72. The summed E-state index contributed by atoms with van der Waals surface area (Å²) in [7, 11) is 0. The van der Waals surface area contributed by atoms with Gasteiger partial charge in [-0.2, -0.15) is 0 Å². The highest BCUT2D eigenvalue weighted by Crippen LogP contribution is 2.18. The van der Waals surface area contributed by atoms with Gasteiger partial charge in [0.05, 0.1) is 12.6 Å². The molecule has 1 fully saturated rings. The second-order valence-corrected chi connectivity index (χ2v) is 6.26. The molecule has 1 aliphatic carbocycles. The summed E-state index contributed by atoms with van der Waals surface area (Å²) in [5.41, 5.74) is 0. The lowest BCUT2D eigenvalue weighted by molar-refractivity contribution is 0.120. The van der Waals surface area contributed by atoms with Gasteiger partial charge in [-0.25, -0.2) is 9.38 Å². The smallest absolute Gasteiger partial charge is 0.191 e. The Hall–Kier alpha value is -1.82. The zero-order valence-corrected chi connectivity index (χ0v) is 14.5. The Morgan fingerprint density at radius 3 is 2.79 bits per heavy atom. The van der Waals surface area contributed by atoms with E-state index in [2.05, 4.69) is 15.6 Å². The number of hydrogen-bond donors (Lipinski definition) is 3. The Bertz CT molecular complexity index is 531. The van der Waals surface area contributed by atoms with Gasteiger partial charge in [0, 0.05) is 18.7 Å². The van der Waals surface area contributed by atoms with Crippen molar-refractivity contribution in [1.82, 2.24) is 10.6 Å².